The Morgan fingerprint density at radius 1 is 0.900 bits per heavy atom. The molecule has 1 heterocycles. The molecule has 2 aliphatic rings. The first-order valence-corrected chi connectivity index (χ1v) is 12.2. The summed E-state index contributed by atoms with van der Waals surface area (Å²) in [4.78, 5) is 5.02. The summed E-state index contributed by atoms with van der Waals surface area (Å²) in [7, 11) is -3.40. The summed E-state index contributed by atoms with van der Waals surface area (Å²) in [5.41, 5.74) is 2.33. The van der Waals surface area contributed by atoms with Gasteiger partial charge in [-0.05, 0) is 48.6 Å². The lowest BCUT2D eigenvalue weighted by Gasteiger charge is -2.35. The van der Waals surface area contributed by atoms with E-state index in [0.717, 1.165) is 57.7 Å². The molecule has 0 unspecified atom stereocenters. The molecule has 2 aromatic carbocycles. The minimum absolute atomic E-state index is 0.347. The number of nitrogens with one attached hydrogen (secondary N) is 1. The first-order valence-electron chi connectivity index (χ1n) is 10.7. The molecular formula is C24H29N3O2S. The molecule has 30 heavy (non-hydrogen) atoms. The van der Waals surface area contributed by atoms with Crippen molar-refractivity contribution in [3.8, 4) is 11.8 Å². The lowest BCUT2D eigenvalue weighted by Crippen LogP contribution is -2.46. The highest BCUT2D eigenvalue weighted by molar-refractivity contribution is 7.89. The van der Waals surface area contributed by atoms with E-state index in [-0.39, 0.29) is 0 Å². The van der Waals surface area contributed by atoms with Crippen LogP contribution in [-0.2, 0) is 16.4 Å². The minimum atomic E-state index is -3.40. The van der Waals surface area contributed by atoms with E-state index in [1.54, 1.807) is 12.1 Å². The van der Waals surface area contributed by atoms with Gasteiger partial charge in [-0.3, -0.25) is 4.90 Å². The highest BCUT2D eigenvalue weighted by Crippen LogP contribution is 2.28. The van der Waals surface area contributed by atoms with Gasteiger partial charge in [-0.1, -0.05) is 42.2 Å². The molecule has 0 radical (unpaired) electrons. The van der Waals surface area contributed by atoms with E-state index in [1.807, 2.05) is 30.3 Å². The first-order chi connectivity index (χ1) is 14.6. The molecule has 1 saturated heterocycles. The van der Waals surface area contributed by atoms with Gasteiger partial charge in [-0.15, -0.1) is 0 Å². The number of piperazine rings is 1. The largest absolute Gasteiger partial charge is 0.369 e. The lowest BCUT2D eigenvalue weighted by molar-refractivity contribution is 0.288. The van der Waals surface area contributed by atoms with Crippen LogP contribution in [0.25, 0.3) is 0 Å². The average molecular weight is 424 g/mol. The Hall–Kier alpha value is -2.33. The molecule has 4 rings (SSSR count). The molecule has 0 amide bonds. The third-order valence-electron chi connectivity index (χ3n) is 5.71. The van der Waals surface area contributed by atoms with Gasteiger partial charge in [0.25, 0.3) is 0 Å². The van der Waals surface area contributed by atoms with Gasteiger partial charge in [0.2, 0.25) is 10.0 Å². The van der Waals surface area contributed by atoms with Crippen LogP contribution in [-0.4, -0.2) is 52.6 Å². The van der Waals surface area contributed by atoms with E-state index in [2.05, 4.69) is 38.5 Å². The molecule has 1 aliphatic carbocycles. The van der Waals surface area contributed by atoms with E-state index < -0.39 is 10.0 Å². The minimum Gasteiger partial charge on any atom is -0.369 e. The summed E-state index contributed by atoms with van der Waals surface area (Å²) in [5, 5.41) is 0. The van der Waals surface area contributed by atoms with Crippen molar-refractivity contribution in [3.63, 3.8) is 0 Å². The van der Waals surface area contributed by atoms with Crippen LogP contribution in [0, 0.1) is 17.8 Å². The number of nitrogens with zero attached hydrogens (tertiary/aromatic N) is 2. The fraction of sp³-hybridized carbons (Fsp3) is 0.417. The molecule has 0 atom stereocenters. The third kappa shape index (κ3) is 5.85. The van der Waals surface area contributed by atoms with Crippen LogP contribution in [0.5, 0.6) is 0 Å². The van der Waals surface area contributed by atoms with Gasteiger partial charge in [0.05, 0.1) is 11.4 Å². The maximum atomic E-state index is 12.4. The molecule has 6 heteroatoms. The zero-order chi connectivity index (χ0) is 20.8. The molecule has 2 aromatic rings. The standard InChI is InChI=1S/C24H29N3O2S/c28-30(29,25-20-22-9-10-22)24-13-11-23(12-14-24)27-18-16-26(17-19-27)15-5-4-8-21-6-2-1-3-7-21/h1-3,6-7,11-14,22,25H,8-10,15-20H2. The van der Waals surface area contributed by atoms with Crippen LogP contribution in [0.2, 0.25) is 0 Å². The SMILES string of the molecule is O=S(=O)(NCC1CC1)c1ccc(N2CCN(CC#CCc3ccccc3)CC2)cc1. The number of anilines is 1. The van der Waals surface area contributed by atoms with E-state index in [1.165, 1.54) is 5.56 Å². The van der Waals surface area contributed by atoms with Crippen LogP contribution in [0.4, 0.5) is 5.69 Å². The van der Waals surface area contributed by atoms with Crippen LogP contribution in [0.1, 0.15) is 18.4 Å². The fourth-order valence-electron chi connectivity index (χ4n) is 3.56. The normalized spacial score (nSPS) is 17.4. The van der Waals surface area contributed by atoms with Gasteiger partial charge in [0.1, 0.15) is 0 Å². The van der Waals surface area contributed by atoms with Crippen molar-refractivity contribution in [3.05, 3.63) is 60.2 Å². The van der Waals surface area contributed by atoms with Crippen LogP contribution in [0.15, 0.2) is 59.5 Å². The molecule has 1 saturated carbocycles. The van der Waals surface area contributed by atoms with E-state index in [0.29, 0.717) is 17.4 Å². The van der Waals surface area contributed by atoms with E-state index >= 15 is 0 Å². The molecule has 0 bridgehead atoms. The van der Waals surface area contributed by atoms with Gasteiger partial charge in [-0.25, -0.2) is 13.1 Å². The topological polar surface area (TPSA) is 52.7 Å². The summed E-state index contributed by atoms with van der Waals surface area (Å²) >= 11 is 0. The van der Waals surface area contributed by atoms with Crippen molar-refractivity contribution in [2.45, 2.75) is 24.2 Å². The van der Waals surface area contributed by atoms with Crippen molar-refractivity contribution in [1.82, 2.24) is 9.62 Å². The molecule has 0 spiro atoms. The van der Waals surface area contributed by atoms with Crippen molar-refractivity contribution in [1.29, 1.82) is 0 Å². The van der Waals surface area contributed by atoms with Crippen molar-refractivity contribution in [2.75, 3.05) is 44.2 Å². The first kappa shape index (κ1) is 20.9. The molecule has 5 nitrogen and oxygen atoms in total. The van der Waals surface area contributed by atoms with Crippen LogP contribution in [0.3, 0.4) is 0 Å². The zero-order valence-electron chi connectivity index (χ0n) is 17.3. The Morgan fingerprint density at radius 2 is 1.60 bits per heavy atom. The zero-order valence-corrected chi connectivity index (χ0v) is 18.1. The second-order valence-electron chi connectivity index (χ2n) is 8.07. The molecule has 158 valence electrons. The quantitative estimate of drug-likeness (QED) is 0.696. The number of sulfonamides is 1. The summed E-state index contributed by atoms with van der Waals surface area (Å²) in [6, 6.07) is 17.6. The lowest BCUT2D eigenvalue weighted by atomic mass is 10.2. The summed E-state index contributed by atoms with van der Waals surface area (Å²) in [5.74, 6) is 7.08. The fourth-order valence-corrected chi connectivity index (χ4v) is 4.68. The van der Waals surface area contributed by atoms with E-state index in [4.69, 9.17) is 0 Å². The number of hydrogen-bond acceptors (Lipinski definition) is 4. The predicted octanol–water partition coefficient (Wildman–Crippen LogP) is 2.74. The van der Waals surface area contributed by atoms with Crippen molar-refractivity contribution < 1.29 is 8.42 Å². The average Bonchev–Trinajstić information content (AvgIpc) is 3.61. The highest BCUT2D eigenvalue weighted by Gasteiger charge is 2.24. The van der Waals surface area contributed by atoms with Crippen LogP contribution < -0.4 is 9.62 Å². The monoisotopic (exact) mass is 423 g/mol. The Bertz CT molecular complexity index is 982. The molecular weight excluding hydrogens is 394 g/mol. The Kier molecular flexibility index (Phi) is 6.73. The maximum Gasteiger partial charge on any atom is 0.240 e. The molecule has 1 aliphatic heterocycles. The predicted molar refractivity (Wildman–Crippen MR) is 121 cm³/mol. The Balaban J connectivity index is 1.24. The van der Waals surface area contributed by atoms with Crippen LogP contribution >= 0.6 is 0 Å². The highest BCUT2D eigenvalue weighted by atomic mass is 32.2. The Morgan fingerprint density at radius 3 is 2.27 bits per heavy atom. The summed E-state index contributed by atoms with van der Waals surface area (Å²) in [6.45, 7) is 5.12. The second-order valence-corrected chi connectivity index (χ2v) is 9.84. The Labute approximate surface area is 180 Å². The maximum absolute atomic E-state index is 12.4. The van der Waals surface area contributed by atoms with Gasteiger partial charge >= 0.3 is 0 Å². The second kappa shape index (κ2) is 9.65. The van der Waals surface area contributed by atoms with Gasteiger partial charge in [0.15, 0.2) is 0 Å². The van der Waals surface area contributed by atoms with Gasteiger partial charge < -0.3 is 4.90 Å². The van der Waals surface area contributed by atoms with E-state index in [9.17, 15) is 8.42 Å². The molecule has 1 N–H and O–H groups in total. The van der Waals surface area contributed by atoms with Crippen molar-refractivity contribution >= 4 is 15.7 Å². The third-order valence-corrected chi connectivity index (χ3v) is 7.15. The number of hydrogen-bond donors (Lipinski definition) is 1. The number of benzene rings is 2. The van der Waals surface area contributed by atoms with Crippen molar-refractivity contribution in [2.24, 2.45) is 5.92 Å². The number of rotatable bonds is 7. The summed E-state index contributed by atoms with van der Waals surface area (Å²) < 4.78 is 27.4. The van der Waals surface area contributed by atoms with Gasteiger partial charge in [-0.2, -0.15) is 0 Å². The smallest absolute Gasteiger partial charge is 0.240 e. The molecule has 0 aromatic heterocycles. The summed E-state index contributed by atoms with van der Waals surface area (Å²) in [6.07, 6.45) is 3.06. The van der Waals surface area contributed by atoms with Gasteiger partial charge in [0, 0.05) is 44.8 Å². The molecule has 2 fully saturated rings.